The Morgan fingerprint density at radius 1 is 1.29 bits per heavy atom. The number of fused-ring (bicyclic) bond motifs is 1. The summed E-state index contributed by atoms with van der Waals surface area (Å²) in [5, 5.41) is 10.4. The van der Waals surface area contributed by atoms with Gasteiger partial charge in [-0.3, -0.25) is 14.8 Å². The predicted molar refractivity (Wildman–Crippen MR) is 109 cm³/mol. The molecule has 1 aromatic rings. The largest absolute Gasteiger partial charge is 0.493 e. The van der Waals surface area contributed by atoms with Crippen LogP contribution in [0.2, 0.25) is 0 Å². The molecule has 1 heterocycles. The van der Waals surface area contributed by atoms with Crippen LogP contribution in [0.5, 0.6) is 11.5 Å². The molecule has 0 saturated heterocycles. The van der Waals surface area contributed by atoms with E-state index in [1.165, 1.54) is 11.4 Å². The zero-order chi connectivity index (χ0) is 22.8. The van der Waals surface area contributed by atoms with Crippen LogP contribution in [0.15, 0.2) is 12.1 Å². The summed E-state index contributed by atoms with van der Waals surface area (Å²) >= 11 is 0. The van der Waals surface area contributed by atoms with Gasteiger partial charge in [0, 0.05) is 13.1 Å². The fourth-order valence-electron chi connectivity index (χ4n) is 4.05. The number of methoxy groups -OCH3 is 2. The highest BCUT2D eigenvalue weighted by atomic mass is 32.2. The molecule has 0 bridgehead atoms. The molecule has 1 aromatic carbocycles. The van der Waals surface area contributed by atoms with Crippen molar-refractivity contribution in [2.45, 2.75) is 32.4 Å². The molecule has 31 heavy (non-hydrogen) atoms. The molecule has 0 spiro atoms. The summed E-state index contributed by atoms with van der Waals surface area (Å²) in [7, 11) is -0.782. The van der Waals surface area contributed by atoms with Crippen molar-refractivity contribution < 1.29 is 37.4 Å². The number of sulfonamides is 1. The van der Waals surface area contributed by atoms with Crippen molar-refractivity contribution in [1.29, 1.82) is 0 Å². The van der Waals surface area contributed by atoms with Crippen LogP contribution < -0.4 is 9.47 Å². The summed E-state index contributed by atoms with van der Waals surface area (Å²) in [6.07, 6.45) is 1.03. The highest BCUT2D eigenvalue weighted by Crippen LogP contribution is 2.44. The minimum Gasteiger partial charge on any atom is -0.493 e. The Morgan fingerprint density at radius 3 is 2.52 bits per heavy atom. The lowest BCUT2D eigenvalue weighted by molar-refractivity contribution is -0.161. The van der Waals surface area contributed by atoms with Crippen LogP contribution >= 0.6 is 0 Å². The topological polar surface area (TPSA) is 123 Å². The van der Waals surface area contributed by atoms with Gasteiger partial charge in [0.25, 0.3) is 0 Å². The molecule has 10 nitrogen and oxygen atoms in total. The second-order valence-electron chi connectivity index (χ2n) is 7.65. The van der Waals surface area contributed by atoms with Crippen molar-refractivity contribution in [2.75, 3.05) is 33.1 Å². The van der Waals surface area contributed by atoms with Gasteiger partial charge in [-0.25, -0.2) is 13.5 Å². The molecular formula is C20H28N2O8S. The van der Waals surface area contributed by atoms with Gasteiger partial charge in [0.1, 0.15) is 0 Å². The number of esters is 1. The third kappa shape index (κ3) is 4.94. The summed E-state index contributed by atoms with van der Waals surface area (Å²) in [4.78, 5) is 23.1. The highest BCUT2D eigenvalue weighted by Gasteiger charge is 2.52. The molecule has 172 valence electrons. The van der Waals surface area contributed by atoms with Gasteiger partial charge in [-0.05, 0) is 48.9 Å². The second kappa shape index (κ2) is 9.41. The van der Waals surface area contributed by atoms with E-state index in [2.05, 4.69) is 0 Å². The minimum atomic E-state index is -3.83. The van der Waals surface area contributed by atoms with E-state index in [0.717, 1.165) is 11.1 Å². The van der Waals surface area contributed by atoms with Crippen molar-refractivity contribution in [1.82, 2.24) is 9.37 Å². The zero-order valence-corrected chi connectivity index (χ0v) is 18.6. The Kier molecular flexibility index (Phi) is 7.07. The maximum absolute atomic E-state index is 13.1. The van der Waals surface area contributed by atoms with Gasteiger partial charge in [0.2, 0.25) is 16.4 Å². The van der Waals surface area contributed by atoms with E-state index in [0.29, 0.717) is 29.4 Å². The lowest BCUT2D eigenvalue weighted by Gasteiger charge is -2.31. The van der Waals surface area contributed by atoms with Gasteiger partial charge in [0.05, 0.1) is 38.5 Å². The summed E-state index contributed by atoms with van der Waals surface area (Å²) < 4.78 is 43.2. The Balaban J connectivity index is 1.76. The standard InChI is InChI=1S/C20H28N2O8S/c1-4-30-20(24)16-9-15(16)17(22(25)12-23)11-31(26,27)21-6-5-13-7-18(28-2)19(29-3)8-14(13)10-21/h7-8,12,15-17,25H,4-6,9-11H2,1-3H3. The van der Waals surface area contributed by atoms with E-state index in [9.17, 15) is 23.2 Å². The summed E-state index contributed by atoms with van der Waals surface area (Å²) in [5.41, 5.74) is 1.78. The molecule has 11 heteroatoms. The number of hydrogen-bond donors (Lipinski definition) is 1. The van der Waals surface area contributed by atoms with E-state index in [-0.39, 0.29) is 26.1 Å². The number of carbonyl (C=O) groups is 2. The van der Waals surface area contributed by atoms with E-state index < -0.39 is 39.6 Å². The van der Waals surface area contributed by atoms with Crippen LogP contribution in [0, 0.1) is 11.8 Å². The molecule has 1 saturated carbocycles. The molecule has 2 aliphatic rings. The van der Waals surface area contributed by atoms with Crippen LogP contribution in [0.25, 0.3) is 0 Å². The number of nitrogens with zero attached hydrogens (tertiary/aromatic N) is 2. The fraction of sp³-hybridized carbons (Fsp3) is 0.600. The first-order valence-electron chi connectivity index (χ1n) is 10.1. The van der Waals surface area contributed by atoms with E-state index in [4.69, 9.17) is 14.2 Å². The Bertz CT molecular complexity index is 935. The number of carbonyl (C=O) groups excluding carboxylic acids is 2. The van der Waals surface area contributed by atoms with Crippen LogP contribution in [0.3, 0.4) is 0 Å². The SMILES string of the molecule is CCOC(=O)C1CC1C(CS(=O)(=O)N1CCc2cc(OC)c(OC)cc2C1)N(O)C=O. The average Bonchev–Trinajstić information content (AvgIpc) is 3.56. The summed E-state index contributed by atoms with van der Waals surface area (Å²) in [6, 6.07) is 2.58. The van der Waals surface area contributed by atoms with Gasteiger partial charge >= 0.3 is 5.97 Å². The monoisotopic (exact) mass is 456 g/mol. The van der Waals surface area contributed by atoms with Gasteiger partial charge in [0.15, 0.2) is 11.5 Å². The number of hydrogen-bond acceptors (Lipinski definition) is 8. The van der Waals surface area contributed by atoms with E-state index >= 15 is 0 Å². The predicted octanol–water partition coefficient (Wildman–Crippen LogP) is 0.807. The molecule has 3 atom stereocenters. The third-order valence-electron chi connectivity index (χ3n) is 5.83. The summed E-state index contributed by atoms with van der Waals surface area (Å²) in [5.74, 6) is -0.818. The van der Waals surface area contributed by atoms with E-state index in [1.807, 2.05) is 6.07 Å². The molecule has 1 aliphatic carbocycles. The first-order chi connectivity index (χ1) is 14.7. The molecular weight excluding hydrogens is 428 g/mol. The Hall–Kier alpha value is -2.37. The third-order valence-corrected chi connectivity index (χ3v) is 7.69. The quantitative estimate of drug-likeness (QED) is 0.237. The normalized spacial score (nSPS) is 21.5. The van der Waals surface area contributed by atoms with E-state index in [1.54, 1.807) is 20.1 Å². The second-order valence-corrected chi connectivity index (χ2v) is 9.66. The number of hydroxylamine groups is 2. The highest BCUT2D eigenvalue weighted by molar-refractivity contribution is 7.89. The molecule has 1 amide bonds. The number of benzene rings is 1. The van der Waals surface area contributed by atoms with Crippen molar-refractivity contribution in [2.24, 2.45) is 11.8 Å². The van der Waals surface area contributed by atoms with Gasteiger partial charge in [-0.1, -0.05) is 0 Å². The zero-order valence-electron chi connectivity index (χ0n) is 17.8. The maximum Gasteiger partial charge on any atom is 0.309 e. The average molecular weight is 457 g/mol. The van der Waals surface area contributed by atoms with Crippen molar-refractivity contribution in [3.8, 4) is 11.5 Å². The lowest BCUT2D eigenvalue weighted by Crippen LogP contribution is -2.45. The number of rotatable bonds is 10. The smallest absolute Gasteiger partial charge is 0.309 e. The van der Waals surface area contributed by atoms with Crippen LogP contribution in [0.1, 0.15) is 24.5 Å². The molecule has 1 aliphatic heterocycles. The van der Waals surface area contributed by atoms with Crippen LogP contribution in [-0.2, 0) is 37.3 Å². The molecule has 1 fully saturated rings. The maximum atomic E-state index is 13.1. The first-order valence-corrected chi connectivity index (χ1v) is 11.7. The molecule has 0 aromatic heterocycles. The van der Waals surface area contributed by atoms with Gasteiger partial charge < -0.3 is 14.2 Å². The fourth-order valence-corrected chi connectivity index (χ4v) is 5.80. The molecule has 0 radical (unpaired) electrons. The molecule has 3 rings (SSSR count). The van der Waals surface area contributed by atoms with Crippen molar-refractivity contribution in [3.63, 3.8) is 0 Å². The van der Waals surface area contributed by atoms with Gasteiger partial charge in [-0.15, -0.1) is 0 Å². The molecule has 1 N–H and O–H groups in total. The Morgan fingerprint density at radius 2 is 1.94 bits per heavy atom. The number of ether oxygens (including phenoxy) is 3. The van der Waals surface area contributed by atoms with Gasteiger partial charge in [-0.2, -0.15) is 4.31 Å². The lowest BCUT2D eigenvalue weighted by atomic mass is 10.0. The number of amides is 1. The van der Waals surface area contributed by atoms with Crippen LogP contribution in [0.4, 0.5) is 0 Å². The first kappa shape index (κ1) is 23.3. The van der Waals surface area contributed by atoms with Crippen molar-refractivity contribution in [3.05, 3.63) is 23.3 Å². The summed E-state index contributed by atoms with van der Waals surface area (Å²) in [6.45, 7) is 2.29. The Labute approximate surface area is 181 Å². The van der Waals surface area contributed by atoms with Crippen molar-refractivity contribution >= 4 is 22.4 Å². The minimum absolute atomic E-state index is 0.142. The molecule has 3 unspecified atom stereocenters. The van der Waals surface area contributed by atoms with Crippen LogP contribution in [-0.4, -0.2) is 74.5 Å².